The fourth-order valence-corrected chi connectivity index (χ4v) is 5.72. The van der Waals surface area contributed by atoms with E-state index in [1.165, 1.54) is 12.1 Å². The summed E-state index contributed by atoms with van der Waals surface area (Å²) >= 11 is 5.59. The van der Waals surface area contributed by atoms with Crippen LogP contribution in [0.4, 0.5) is 4.39 Å². The van der Waals surface area contributed by atoms with E-state index in [9.17, 15) is 12.8 Å². The van der Waals surface area contributed by atoms with Crippen LogP contribution in [0.5, 0.6) is 0 Å². The Morgan fingerprint density at radius 1 is 1.17 bits per heavy atom. The summed E-state index contributed by atoms with van der Waals surface area (Å²) in [6.07, 6.45) is 0.597. The number of sulfone groups is 1. The highest BCUT2D eigenvalue weighted by atomic mass is 32.2. The molecule has 4 rings (SSSR count). The van der Waals surface area contributed by atoms with Gasteiger partial charge in [-0.05, 0) is 48.5 Å². The van der Waals surface area contributed by atoms with Crippen LogP contribution in [0.2, 0.25) is 0 Å². The van der Waals surface area contributed by atoms with Crippen molar-refractivity contribution in [1.82, 2.24) is 19.2 Å². The zero-order chi connectivity index (χ0) is 21.3. The number of hydrogen-bond donors (Lipinski definition) is 0. The molecule has 0 bridgehead atoms. The van der Waals surface area contributed by atoms with Crippen LogP contribution in [0.15, 0.2) is 54.6 Å². The molecule has 1 fully saturated rings. The summed E-state index contributed by atoms with van der Waals surface area (Å²) in [6.45, 7) is 0.980. The van der Waals surface area contributed by atoms with Gasteiger partial charge in [0.25, 0.3) is 0 Å². The molecule has 1 atom stereocenters. The molecule has 1 saturated heterocycles. The topological polar surface area (TPSA) is 60.1 Å². The van der Waals surface area contributed by atoms with Gasteiger partial charge in [-0.25, -0.2) is 17.5 Å². The van der Waals surface area contributed by atoms with Crippen molar-refractivity contribution in [3.8, 4) is 11.4 Å². The molecular formula is C21H23FN4O2S2. The molecular weight excluding hydrogens is 423 g/mol. The van der Waals surface area contributed by atoms with E-state index in [-0.39, 0.29) is 23.4 Å². The fraction of sp³-hybridized carbons (Fsp3) is 0.333. The highest BCUT2D eigenvalue weighted by Gasteiger charge is 2.32. The predicted octanol–water partition coefficient (Wildman–Crippen LogP) is 3.40. The summed E-state index contributed by atoms with van der Waals surface area (Å²) in [5, 5.41) is 4.66. The molecule has 0 spiro atoms. The van der Waals surface area contributed by atoms with Crippen molar-refractivity contribution in [3.05, 3.63) is 70.7 Å². The molecule has 30 heavy (non-hydrogen) atoms. The summed E-state index contributed by atoms with van der Waals surface area (Å²) in [5.74, 6) is 0.678. The van der Waals surface area contributed by atoms with Crippen molar-refractivity contribution in [2.45, 2.75) is 25.7 Å². The van der Waals surface area contributed by atoms with E-state index < -0.39 is 9.84 Å². The van der Waals surface area contributed by atoms with E-state index in [4.69, 9.17) is 12.2 Å². The van der Waals surface area contributed by atoms with Gasteiger partial charge in [-0.3, -0.25) is 4.90 Å². The van der Waals surface area contributed by atoms with E-state index in [1.807, 2.05) is 37.4 Å². The Hall–Kier alpha value is -2.36. The molecule has 0 aliphatic carbocycles. The molecule has 1 aliphatic heterocycles. The lowest BCUT2D eigenvalue weighted by Gasteiger charge is -2.27. The second kappa shape index (κ2) is 8.41. The highest BCUT2D eigenvalue weighted by molar-refractivity contribution is 7.91. The van der Waals surface area contributed by atoms with Crippen LogP contribution in [-0.2, 0) is 30.1 Å². The summed E-state index contributed by atoms with van der Waals surface area (Å²) in [7, 11) is -1.20. The fourth-order valence-electron chi connectivity index (χ4n) is 3.78. The molecule has 0 amide bonds. The maximum Gasteiger partial charge on any atom is 0.199 e. The van der Waals surface area contributed by atoms with Gasteiger partial charge in [0, 0.05) is 25.2 Å². The Balaban J connectivity index is 1.65. The number of benzene rings is 2. The molecule has 2 aromatic carbocycles. The number of halogens is 1. The first-order valence-electron chi connectivity index (χ1n) is 9.70. The lowest BCUT2D eigenvalue weighted by molar-refractivity contribution is 0.146. The maximum atomic E-state index is 13.3. The molecule has 2 heterocycles. The molecule has 1 unspecified atom stereocenters. The summed E-state index contributed by atoms with van der Waals surface area (Å²) in [5.41, 5.74) is 1.87. The second-order valence-corrected chi connectivity index (χ2v) is 10.2. The van der Waals surface area contributed by atoms with Crippen molar-refractivity contribution in [3.63, 3.8) is 0 Å². The van der Waals surface area contributed by atoms with Gasteiger partial charge in [-0.2, -0.15) is 5.10 Å². The van der Waals surface area contributed by atoms with Crippen LogP contribution in [0.25, 0.3) is 11.4 Å². The average Bonchev–Trinajstić information content (AvgIpc) is 3.23. The second-order valence-electron chi connectivity index (χ2n) is 7.60. The van der Waals surface area contributed by atoms with Gasteiger partial charge in [-0.15, -0.1) is 0 Å². The Labute approximate surface area is 180 Å². The monoisotopic (exact) mass is 446 g/mol. The first-order chi connectivity index (χ1) is 14.3. The molecule has 0 saturated carbocycles. The highest BCUT2D eigenvalue weighted by Crippen LogP contribution is 2.22. The van der Waals surface area contributed by atoms with Gasteiger partial charge in [0.2, 0.25) is 0 Å². The van der Waals surface area contributed by atoms with Gasteiger partial charge in [0.1, 0.15) is 5.82 Å². The van der Waals surface area contributed by atoms with Gasteiger partial charge >= 0.3 is 0 Å². The minimum absolute atomic E-state index is 0.0895. The third-order valence-electron chi connectivity index (χ3n) is 5.41. The van der Waals surface area contributed by atoms with Crippen molar-refractivity contribution in [2.24, 2.45) is 7.05 Å². The van der Waals surface area contributed by atoms with Crippen LogP contribution < -0.4 is 0 Å². The maximum absolute atomic E-state index is 13.3. The SMILES string of the molecule is Cn1c(-c2ccc(F)cc2)nn(CN(Cc2ccccc2)C2CCS(=O)(=O)C2)c1=S. The van der Waals surface area contributed by atoms with Crippen molar-refractivity contribution >= 4 is 22.1 Å². The summed E-state index contributed by atoms with van der Waals surface area (Å²) < 4.78 is 41.5. The van der Waals surface area contributed by atoms with E-state index in [0.717, 1.165) is 11.1 Å². The van der Waals surface area contributed by atoms with Crippen LogP contribution in [0, 0.1) is 10.6 Å². The van der Waals surface area contributed by atoms with Crippen molar-refractivity contribution < 1.29 is 12.8 Å². The molecule has 0 radical (unpaired) electrons. The standard InChI is InChI=1S/C21H23FN4O2S2/c1-24-20(17-7-9-18(22)10-8-17)23-26(21(24)29)15-25(13-16-5-3-2-4-6-16)19-11-12-30(27,28)14-19/h2-10,19H,11-15H2,1H3. The zero-order valence-electron chi connectivity index (χ0n) is 16.6. The minimum atomic E-state index is -3.02. The molecule has 0 N–H and O–H groups in total. The largest absolute Gasteiger partial charge is 0.303 e. The number of rotatable bonds is 6. The van der Waals surface area contributed by atoms with Gasteiger partial charge in [-0.1, -0.05) is 30.3 Å². The van der Waals surface area contributed by atoms with E-state index >= 15 is 0 Å². The number of nitrogens with zero attached hydrogens (tertiary/aromatic N) is 4. The van der Waals surface area contributed by atoms with Crippen LogP contribution in [0.1, 0.15) is 12.0 Å². The quantitative estimate of drug-likeness (QED) is 0.543. The van der Waals surface area contributed by atoms with Crippen LogP contribution in [0.3, 0.4) is 0 Å². The van der Waals surface area contributed by atoms with Gasteiger partial charge in [0.15, 0.2) is 20.4 Å². The Bertz CT molecular complexity index is 1190. The predicted molar refractivity (Wildman–Crippen MR) is 116 cm³/mol. The Morgan fingerprint density at radius 3 is 2.50 bits per heavy atom. The van der Waals surface area contributed by atoms with E-state index in [1.54, 1.807) is 21.4 Å². The zero-order valence-corrected chi connectivity index (χ0v) is 18.2. The first-order valence-corrected chi connectivity index (χ1v) is 11.9. The lowest BCUT2D eigenvalue weighted by atomic mass is 10.1. The molecule has 9 heteroatoms. The third kappa shape index (κ3) is 4.53. The van der Waals surface area contributed by atoms with E-state index in [0.29, 0.717) is 30.2 Å². The average molecular weight is 447 g/mol. The smallest absolute Gasteiger partial charge is 0.199 e. The summed E-state index contributed by atoms with van der Waals surface area (Å²) in [4.78, 5) is 2.12. The van der Waals surface area contributed by atoms with Gasteiger partial charge in [0.05, 0.1) is 18.2 Å². The van der Waals surface area contributed by atoms with Crippen molar-refractivity contribution in [2.75, 3.05) is 11.5 Å². The van der Waals surface area contributed by atoms with Crippen LogP contribution in [-0.4, -0.2) is 45.2 Å². The van der Waals surface area contributed by atoms with Gasteiger partial charge < -0.3 is 4.57 Å². The minimum Gasteiger partial charge on any atom is -0.303 e. The number of aromatic nitrogens is 3. The van der Waals surface area contributed by atoms with Crippen molar-refractivity contribution in [1.29, 1.82) is 0 Å². The Morgan fingerprint density at radius 2 is 1.87 bits per heavy atom. The van der Waals surface area contributed by atoms with E-state index in [2.05, 4.69) is 10.00 Å². The number of hydrogen-bond acceptors (Lipinski definition) is 5. The third-order valence-corrected chi connectivity index (χ3v) is 7.65. The summed E-state index contributed by atoms with van der Waals surface area (Å²) in [6, 6.07) is 16.0. The lowest BCUT2D eigenvalue weighted by Crippen LogP contribution is -2.37. The normalized spacial score (nSPS) is 18.2. The molecule has 6 nitrogen and oxygen atoms in total. The Kier molecular flexibility index (Phi) is 5.86. The molecule has 1 aromatic heterocycles. The molecule has 158 valence electrons. The van der Waals surface area contributed by atoms with Crippen LogP contribution >= 0.6 is 12.2 Å². The molecule has 3 aromatic rings. The first kappa shape index (κ1) is 20.9. The molecule has 1 aliphatic rings.